The van der Waals surface area contributed by atoms with Gasteiger partial charge in [0.2, 0.25) is 5.16 Å². The number of hydrogen-bond donors (Lipinski definition) is 1. The summed E-state index contributed by atoms with van der Waals surface area (Å²) in [5.74, 6) is 0. The predicted octanol–water partition coefficient (Wildman–Crippen LogP) is 2.27. The minimum absolute atomic E-state index is 0.575. The van der Waals surface area contributed by atoms with Gasteiger partial charge in [0.05, 0.1) is 6.20 Å². The van der Waals surface area contributed by atoms with Crippen molar-refractivity contribution in [1.82, 2.24) is 9.71 Å². The van der Waals surface area contributed by atoms with Crippen LogP contribution in [-0.2, 0) is 0 Å². The van der Waals surface area contributed by atoms with Gasteiger partial charge in [0.15, 0.2) is 0 Å². The molecule has 0 saturated carbocycles. The van der Waals surface area contributed by atoms with Crippen LogP contribution < -0.4 is 0 Å². The maximum absolute atomic E-state index is 9.25. The van der Waals surface area contributed by atoms with E-state index in [1.807, 2.05) is 30.3 Å². The molecule has 4 heteroatoms. The van der Waals surface area contributed by atoms with Crippen LogP contribution in [0.15, 0.2) is 52.8 Å². The fourth-order valence-corrected chi connectivity index (χ4v) is 1.72. The van der Waals surface area contributed by atoms with E-state index in [0.29, 0.717) is 5.16 Å². The number of benzene rings is 1. The van der Waals surface area contributed by atoms with Gasteiger partial charge in [-0.2, -0.15) is 4.73 Å². The van der Waals surface area contributed by atoms with Crippen molar-refractivity contribution in [3.63, 3.8) is 0 Å². The summed E-state index contributed by atoms with van der Waals surface area (Å²) in [4.78, 5) is 5.05. The highest BCUT2D eigenvalue weighted by atomic mass is 32.2. The van der Waals surface area contributed by atoms with Gasteiger partial charge in [0.25, 0.3) is 0 Å². The molecule has 0 unspecified atom stereocenters. The van der Waals surface area contributed by atoms with Crippen molar-refractivity contribution in [2.75, 3.05) is 0 Å². The van der Waals surface area contributed by atoms with Gasteiger partial charge < -0.3 is 5.21 Å². The first kappa shape index (κ1) is 8.19. The van der Waals surface area contributed by atoms with Gasteiger partial charge in [-0.15, -0.1) is 0 Å². The van der Waals surface area contributed by atoms with E-state index in [2.05, 4.69) is 4.98 Å². The number of imidazole rings is 1. The molecule has 1 heterocycles. The smallest absolute Gasteiger partial charge is 0.207 e. The number of nitrogens with zero attached hydrogens (tertiary/aromatic N) is 2. The van der Waals surface area contributed by atoms with Crippen molar-refractivity contribution in [2.45, 2.75) is 10.1 Å². The molecule has 1 aromatic carbocycles. The van der Waals surface area contributed by atoms with E-state index < -0.39 is 0 Å². The van der Waals surface area contributed by atoms with Gasteiger partial charge in [0, 0.05) is 11.1 Å². The normalized spacial score (nSPS) is 10.2. The van der Waals surface area contributed by atoms with Crippen LogP contribution in [-0.4, -0.2) is 14.9 Å². The van der Waals surface area contributed by atoms with E-state index in [9.17, 15) is 5.21 Å². The minimum atomic E-state index is 0.575. The molecule has 1 aromatic heterocycles. The Morgan fingerprint density at radius 1 is 1.23 bits per heavy atom. The van der Waals surface area contributed by atoms with Gasteiger partial charge in [-0.25, -0.2) is 4.98 Å². The van der Waals surface area contributed by atoms with Gasteiger partial charge >= 0.3 is 0 Å². The molecule has 2 aromatic rings. The molecule has 3 nitrogen and oxygen atoms in total. The van der Waals surface area contributed by atoms with Crippen molar-refractivity contribution < 1.29 is 5.21 Å². The van der Waals surface area contributed by atoms with Crippen LogP contribution >= 0.6 is 11.8 Å². The molecule has 0 bridgehead atoms. The molecule has 0 radical (unpaired) electrons. The number of aromatic nitrogens is 2. The predicted molar refractivity (Wildman–Crippen MR) is 50.0 cm³/mol. The van der Waals surface area contributed by atoms with Gasteiger partial charge in [-0.05, 0) is 23.9 Å². The molecule has 66 valence electrons. The summed E-state index contributed by atoms with van der Waals surface area (Å²) >= 11 is 1.42. The van der Waals surface area contributed by atoms with E-state index in [-0.39, 0.29) is 0 Å². The Morgan fingerprint density at radius 3 is 2.62 bits per heavy atom. The maximum atomic E-state index is 9.25. The van der Waals surface area contributed by atoms with Crippen molar-refractivity contribution in [3.05, 3.63) is 42.7 Å². The largest absolute Gasteiger partial charge is 0.426 e. The van der Waals surface area contributed by atoms with Crippen molar-refractivity contribution in [3.8, 4) is 0 Å². The number of hydrogen-bond acceptors (Lipinski definition) is 3. The standard InChI is InChI=1S/C9H8N2OS/c12-11-7-6-10-9(11)13-8-4-2-1-3-5-8/h1-7,12H. The van der Waals surface area contributed by atoms with E-state index in [1.54, 1.807) is 6.20 Å². The summed E-state index contributed by atoms with van der Waals surface area (Å²) in [6, 6.07) is 9.80. The first-order chi connectivity index (χ1) is 6.36. The lowest BCUT2D eigenvalue weighted by atomic mass is 10.4. The molecule has 0 fully saturated rings. The van der Waals surface area contributed by atoms with E-state index >= 15 is 0 Å². The first-order valence-electron chi connectivity index (χ1n) is 3.82. The quantitative estimate of drug-likeness (QED) is 0.742. The zero-order valence-electron chi connectivity index (χ0n) is 6.79. The molecule has 1 N–H and O–H groups in total. The molecule has 2 rings (SSSR count). The lowest BCUT2D eigenvalue weighted by Crippen LogP contribution is -1.89. The molecule has 13 heavy (non-hydrogen) atoms. The van der Waals surface area contributed by atoms with Crippen LogP contribution in [0.3, 0.4) is 0 Å². The van der Waals surface area contributed by atoms with Crippen LogP contribution in [0.2, 0.25) is 0 Å². The third-order valence-electron chi connectivity index (χ3n) is 1.54. The average Bonchev–Trinajstić information content (AvgIpc) is 2.54. The Bertz CT molecular complexity index is 386. The van der Waals surface area contributed by atoms with Crippen LogP contribution in [0.1, 0.15) is 0 Å². The molecule has 0 aliphatic rings. The molecular formula is C9H8N2OS. The summed E-state index contributed by atoms with van der Waals surface area (Å²) in [6.45, 7) is 0. The monoisotopic (exact) mass is 192 g/mol. The molecule has 0 saturated heterocycles. The van der Waals surface area contributed by atoms with E-state index in [0.717, 1.165) is 9.63 Å². The highest BCUT2D eigenvalue weighted by Gasteiger charge is 2.02. The highest BCUT2D eigenvalue weighted by molar-refractivity contribution is 7.99. The van der Waals surface area contributed by atoms with Crippen molar-refractivity contribution in [2.24, 2.45) is 0 Å². The van der Waals surface area contributed by atoms with Gasteiger partial charge in [-0.3, -0.25) is 0 Å². The van der Waals surface area contributed by atoms with Crippen LogP contribution in [0.5, 0.6) is 0 Å². The summed E-state index contributed by atoms with van der Waals surface area (Å²) in [6.07, 6.45) is 3.07. The second-order valence-electron chi connectivity index (χ2n) is 2.47. The average molecular weight is 192 g/mol. The zero-order valence-corrected chi connectivity index (χ0v) is 7.61. The van der Waals surface area contributed by atoms with Crippen molar-refractivity contribution >= 4 is 11.8 Å². The Balaban J connectivity index is 2.20. The third kappa shape index (κ3) is 1.84. The number of rotatable bonds is 2. The minimum Gasteiger partial charge on any atom is -0.426 e. The fourth-order valence-electron chi connectivity index (χ4n) is 0.950. The summed E-state index contributed by atoms with van der Waals surface area (Å²) in [5, 5.41) is 9.82. The zero-order chi connectivity index (χ0) is 9.10. The summed E-state index contributed by atoms with van der Waals surface area (Å²) in [5.41, 5.74) is 0. The van der Waals surface area contributed by atoms with Crippen LogP contribution in [0.25, 0.3) is 0 Å². The van der Waals surface area contributed by atoms with E-state index in [4.69, 9.17) is 0 Å². The Hall–Kier alpha value is -1.42. The SMILES string of the molecule is On1ccnc1Sc1ccccc1. The molecule has 0 aliphatic heterocycles. The second-order valence-corrected chi connectivity index (χ2v) is 3.51. The topological polar surface area (TPSA) is 38.0 Å². The fraction of sp³-hybridized carbons (Fsp3) is 0. The lowest BCUT2D eigenvalue weighted by Gasteiger charge is -1.98. The lowest BCUT2D eigenvalue weighted by molar-refractivity contribution is 0.160. The Morgan fingerprint density at radius 2 is 2.00 bits per heavy atom. The molecular weight excluding hydrogens is 184 g/mol. The van der Waals surface area contributed by atoms with E-state index in [1.165, 1.54) is 18.0 Å². The van der Waals surface area contributed by atoms with Crippen LogP contribution in [0.4, 0.5) is 0 Å². The Labute approximate surface area is 80.0 Å². The summed E-state index contributed by atoms with van der Waals surface area (Å²) < 4.78 is 1.01. The van der Waals surface area contributed by atoms with Crippen LogP contribution in [0, 0.1) is 0 Å². The van der Waals surface area contributed by atoms with Gasteiger partial charge in [-0.1, -0.05) is 18.2 Å². The van der Waals surface area contributed by atoms with Crippen molar-refractivity contribution in [1.29, 1.82) is 0 Å². The van der Waals surface area contributed by atoms with Gasteiger partial charge in [0.1, 0.15) is 0 Å². The highest BCUT2D eigenvalue weighted by Crippen LogP contribution is 2.24. The Kier molecular flexibility index (Phi) is 2.23. The molecule has 0 aliphatic carbocycles. The first-order valence-corrected chi connectivity index (χ1v) is 4.63. The second kappa shape index (κ2) is 3.53. The molecule has 0 atom stereocenters. The summed E-state index contributed by atoms with van der Waals surface area (Å²) in [7, 11) is 0. The molecule has 0 amide bonds. The maximum Gasteiger partial charge on any atom is 0.207 e. The third-order valence-corrected chi connectivity index (χ3v) is 2.52. The molecule has 0 spiro atoms.